The Labute approximate surface area is 199 Å². The summed E-state index contributed by atoms with van der Waals surface area (Å²) in [5.74, 6) is -1.02. The van der Waals surface area contributed by atoms with Gasteiger partial charge in [-0.3, -0.25) is 14.2 Å². The van der Waals surface area contributed by atoms with Gasteiger partial charge in [0.05, 0.1) is 0 Å². The van der Waals surface area contributed by atoms with Crippen molar-refractivity contribution in [3.05, 3.63) is 60.2 Å². The minimum Gasteiger partial charge on any atom is -0.457 e. The summed E-state index contributed by atoms with van der Waals surface area (Å²) in [6.45, 7) is 0.890. The van der Waals surface area contributed by atoms with Gasteiger partial charge in [-0.25, -0.2) is 0 Å². The van der Waals surface area contributed by atoms with E-state index in [1.165, 1.54) is 4.90 Å². The molecule has 1 saturated heterocycles. The molecule has 0 saturated carbocycles. The minimum absolute atomic E-state index is 0.148. The summed E-state index contributed by atoms with van der Waals surface area (Å²) in [6, 6.07) is 15.1. The van der Waals surface area contributed by atoms with Crippen molar-refractivity contribution in [1.29, 1.82) is 0 Å². The van der Waals surface area contributed by atoms with Crippen LogP contribution in [0.1, 0.15) is 48.9 Å². The van der Waals surface area contributed by atoms with Crippen LogP contribution in [-0.4, -0.2) is 51.4 Å². The molecular formula is C24H32N3O6P. The van der Waals surface area contributed by atoms with E-state index in [4.69, 9.17) is 10.5 Å². The summed E-state index contributed by atoms with van der Waals surface area (Å²) < 4.78 is 17.7. The van der Waals surface area contributed by atoms with Crippen LogP contribution in [0.2, 0.25) is 0 Å². The zero-order chi connectivity index (χ0) is 24.6. The number of carbonyl (C=O) groups is 2. The molecule has 34 heavy (non-hydrogen) atoms. The van der Waals surface area contributed by atoms with Crippen LogP contribution in [0.3, 0.4) is 0 Å². The first-order chi connectivity index (χ1) is 16.3. The molecule has 2 atom stereocenters. The van der Waals surface area contributed by atoms with E-state index in [0.29, 0.717) is 49.4 Å². The Bertz CT molecular complexity index is 1010. The third-order valence-corrected chi connectivity index (χ3v) is 6.97. The first-order valence-electron chi connectivity index (χ1n) is 11.5. The number of para-hydroxylation sites is 1. The second-order valence-corrected chi connectivity index (χ2v) is 10.2. The topological polar surface area (TPSA) is 142 Å². The summed E-state index contributed by atoms with van der Waals surface area (Å²) in [7, 11) is -4.54. The predicted molar refractivity (Wildman–Crippen MR) is 129 cm³/mol. The van der Waals surface area contributed by atoms with E-state index in [1.54, 1.807) is 24.3 Å². The number of hydrogen-bond donors (Lipinski definition) is 4. The van der Waals surface area contributed by atoms with E-state index < -0.39 is 25.3 Å². The number of nitrogens with one attached hydrogen (secondary N) is 1. The zero-order valence-corrected chi connectivity index (χ0v) is 19.9. The van der Waals surface area contributed by atoms with E-state index >= 15 is 0 Å². The highest BCUT2D eigenvalue weighted by molar-refractivity contribution is 7.52. The average Bonchev–Trinajstić information content (AvgIpc) is 3.31. The van der Waals surface area contributed by atoms with Crippen LogP contribution in [0.4, 0.5) is 0 Å². The maximum Gasteiger partial charge on any atom is 0.347 e. The van der Waals surface area contributed by atoms with Crippen molar-refractivity contribution in [2.45, 2.75) is 50.3 Å². The van der Waals surface area contributed by atoms with Gasteiger partial charge in [0.15, 0.2) is 0 Å². The van der Waals surface area contributed by atoms with Crippen LogP contribution < -0.4 is 15.8 Å². The van der Waals surface area contributed by atoms with Gasteiger partial charge >= 0.3 is 7.60 Å². The lowest BCUT2D eigenvalue weighted by molar-refractivity contribution is -0.125. The highest BCUT2D eigenvalue weighted by Crippen LogP contribution is 2.42. The molecule has 5 N–H and O–H groups in total. The van der Waals surface area contributed by atoms with Gasteiger partial charge in [-0.15, -0.1) is 0 Å². The highest BCUT2D eigenvalue weighted by Gasteiger charge is 2.38. The molecule has 1 aliphatic heterocycles. The molecule has 2 aromatic carbocycles. The van der Waals surface area contributed by atoms with Gasteiger partial charge in [0, 0.05) is 12.1 Å². The minimum atomic E-state index is -4.54. The number of likely N-dealkylation sites (tertiary alicyclic amines) is 1. The summed E-state index contributed by atoms with van der Waals surface area (Å²) in [6.07, 6.45) is 3.21. The molecule has 1 unspecified atom stereocenters. The predicted octanol–water partition coefficient (Wildman–Crippen LogP) is 3.22. The molecule has 2 amide bonds. The molecule has 0 aliphatic carbocycles. The molecule has 0 bridgehead atoms. The van der Waals surface area contributed by atoms with Crippen molar-refractivity contribution >= 4 is 19.4 Å². The molecule has 9 nitrogen and oxygen atoms in total. The van der Waals surface area contributed by atoms with E-state index in [2.05, 4.69) is 5.32 Å². The zero-order valence-electron chi connectivity index (χ0n) is 19.0. The Hall–Kier alpha value is -2.71. The lowest BCUT2D eigenvalue weighted by Crippen LogP contribution is -2.48. The smallest absolute Gasteiger partial charge is 0.347 e. The fourth-order valence-corrected chi connectivity index (χ4v) is 4.82. The standard InChI is InChI=1S/C24H32N3O6P/c25-15-6-2-5-14-22(34(30,31)32)26-23(28)21-13-8-16-27(21)24(29)18-9-7-12-20(17-18)33-19-10-3-1-4-11-19/h1,3-4,7,9-12,17,21-22H,2,5-6,8,13-16,25H2,(H,26,28)(H2,30,31,32)/t21-,22?/m0/s1. The number of ether oxygens (including phenoxy) is 1. The number of carbonyl (C=O) groups excluding carboxylic acids is 2. The quantitative estimate of drug-likeness (QED) is 0.280. The van der Waals surface area contributed by atoms with Crippen molar-refractivity contribution in [2.24, 2.45) is 5.73 Å². The number of nitrogens with two attached hydrogens (primary N) is 1. The lowest BCUT2D eigenvalue weighted by Gasteiger charge is -2.27. The molecule has 1 heterocycles. The molecule has 184 valence electrons. The number of unbranched alkanes of at least 4 members (excludes halogenated alkanes) is 2. The van der Waals surface area contributed by atoms with Crippen molar-refractivity contribution in [3.63, 3.8) is 0 Å². The summed E-state index contributed by atoms with van der Waals surface area (Å²) in [4.78, 5) is 47.0. The molecule has 1 fully saturated rings. The number of benzene rings is 2. The van der Waals surface area contributed by atoms with E-state index in [0.717, 1.165) is 12.8 Å². The van der Waals surface area contributed by atoms with Crippen LogP contribution >= 0.6 is 7.60 Å². The SMILES string of the molecule is NCCCCCC(NC(=O)[C@@H]1CCCN1C(=O)c1cccc(Oc2ccccc2)c1)P(=O)(O)O. The van der Waals surface area contributed by atoms with E-state index in [1.807, 2.05) is 30.3 Å². The van der Waals surface area contributed by atoms with Gasteiger partial charge in [0.25, 0.3) is 5.91 Å². The summed E-state index contributed by atoms with van der Waals surface area (Å²) in [5, 5.41) is 2.50. The molecular weight excluding hydrogens is 457 g/mol. The second-order valence-electron chi connectivity index (χ2n) is 8.35. The van der Waals surface area contributed by atoms with Gasteiger partial charge in [-0.05, 0) is 62.6 Å². The monoisotopic (exact) mass is 489 g/mol. The van der Waals surface area contributed by atoms with Gasteiger partial charge in [-0.2, -0.15) is 0 Å². The normalized spacial score (nSPS) is 16.8. The van der Waals surface area contributed by atoms with Crippen LogP contribution in [0.15, 0.2) is 54.6 Å². The molecule has 10 heteroatoms. The largest absolute Gasteiger partial charge is 0.457 e. The summed E-state index contributed by atoms with van der Waals surface area (Å²) in [5.41, 5.74) is 5.84. The van der Waals surface area contributed by atoms with Crippen molar-refractivity contribution in [3.8, 4) is 11.5 Å². The van der Waals surface area contributed by atoms with Gasteiger partial charge in [-0.1, -0.05) is 37.1 Å². The van der Waals surface area contributed by atoms with Gasteiger partial charge < -0.3 is 30.5 Å². The number of hydrogen-bond acceptors (Lipinski definition) is 5. The van der Waals surface area contributed by atoms with Crippen molar-refractivity contribution in [2.75, 3.05) is 13.1 Å². The number of amides is 2. The Morgan fingerprint density at radius 1 is 1.09 bits per heavy atom. The third-order valence-electron chi connectivity index (χ3n) is 5.77. The average molecular weight is 490 g/mol. The molecule has 0 aromatic heterocycles. The number of rotatable bonds is 11. The number of nitrogens with zero attached hydrogens (tertiary/aromatic N) is 1. The Balaban J connectivity index is 1.67. The second kappa shape index (κ2) is 12.1. The summed E-state index contributed by atoms with van der Waals surface area (Å²) >= 11 is 0. The molecule has 2 aromatic rings. The Morgan fingerprint density at radius 3 is 2.53 bits per heavy atom. The maximum atomic E-state index is 13.2. The van der Waals surface area contributed by atoms with Gasteiger partial charge in [0.1, 0.15) is 23.3 Å². The van der Waals surface area contributed by atoms with Crippen LogP contribution in [0.5, 0.6) is 11.5 Å². The fourth-order valence-electron chi connectivity index (χ4n) is 4.01. The molecule has 3 rings (SSSR count). The lowest BCUT2D eigenvalue weighted by atomic mass is 10.1. The fraction of sp³-hybridized carbons (Fsp3) is 0.417. The maximum absolute atomic E-state index is 13.2. The molecule has 1 aliphatic rings. The third kappa shape index (κ3) is 7.14. The van der Waals surface area contributed by atoms with Crippen LogP contribution in [0, 0.1) is 0 Å². The molecule has 0 spiro atoms. The van der Waals surface area contributed by atoms with Crippen LogP contribution in [0.25, 0.3) is 0 Å². The van der Waals surface area contributed by atoms with Crippen molar-refractivity contribution in [1.82, 2.24) is 10.2 Å². The van der Waals surface area contributed by atoms with Gasteiger partial charge in [0.2, 0.25) is 5.91 Å². The first-order valence-corrected chi connectivity index (χ1v) is 13.2. The van der Waals surface area contributed by atoms with E-state index in [-0.39, 0.29) is 12.3 Å². The van der Waals surface area contributed by atoms with Crippen LogP contribution in [-0.2, 0) is 9.36 Å². The Kier molecular flexibility index (Phi) is 9.24. The van der Waals surface area contributed by atoms with Crippen molar-refractivity contribution < 1.29 is 28.7 Å². The Morgan fingerprint density at radius 2 is 1.82 bits per heavy atom. The van der Waals surface area contributed by atoms with E-state index in [9.17, 15) is 23.9 Å². The highest BCUT2D eigenvalue weighted by atomic mass is 31.2. The molecule has 0 radical (unpaired) electrons. The first kappa shape index (κ1) is 25.9.